The maximum atomic E-state index is 6.21. The van der Waals surface area contributed by atoms with Crippen LogP contribution in [0.1, 0.15) is 25.3 Å². The van der Waals surface area contributed by atoms with E-state index in [9.17, 15) is 0 Å². The Morgan fingerprint density at radius 2 is 1.80 bits per heavy atom. The third-order valence-electron chi connectivity index (χ3n) is 3.39. The predicted molar refractivity (Wildman–Crippen MR) is 66.5 cm³/mol. The summed E-state index contributed by atoms with van der Waals surface area (Å²) >= 11 is 12.4. The Kier molecular flexibility index (Phi) is 3.27. The second kappa shape index (κ2) is 4.35. The molecule has 15 heavy (non-hydrogen) atoms. The molecule has 0 N–H and O–H groups in total. The molecule has 1 fully saturated rings. The molecular formula is C13H16Cl2. The minimum Gasteiger partial charge on any atom is -0.101 e. The van der Waals surface area contributed by atoms with E-state index < -0.39 is 4.33 Å². The van der Waals surface area contributed by atoms with E-state index in [0.29, 0.717) is 11.8 Å². The first-order valence-electron chi connectivity index (χ1n) is 5.58. The fraction of sp³-hybridized carbons (Fsp3) is 0.538. The van der Waals surface area contributed by atoms with Crippen molar-refractivity contribution in [1.29, 1.82) is 0 Å². The van der Waals surface area contributed by atoms with Crippen LogP contribution in [0.3, 0.4) is 0 Å². The highest BCUT2D eigenvalue weighted by atomic mass is 35.5. The van der Waals surface area contributed by atoms with Crippen molar-refractivity contribution < 1.29 is 0 Å². The fourth-order valence-corrected chi connectivity index (χ4v) is 3.39. The van der Waals surface area contributed by atoms with Crippen molar-refractivity contribution in [3.63, 3.8) is 0 Å². The van der Waals surface area contributed by atoms with Crippen LogP contribution in [0, 0.1) is 11.8 Å². The van der Waals surface area contributed by atoms with E-state index in [1.165, 1.54) is 5.56 Å². The van der Waals surface area contributed by atoms with Gasteiger partial charge in [-0.1, -0.05) is 43.7 Å². The normalized spacial score (nSPS) is 27.7. The van der Waals surface area contributed by atoms with Crippen LogP contribution in [0.15, 0.2) is 30.3 Å². The second-order valence-electron chi connectivity index (χ2n) is 4.32. The zero-order chi connectivity index (χ0) is 10.9. The van der Waals surface area contributed by atoms with Crippen LogP contribution in [-0.2, 0) is 6.42 Å². The molecule has 0 saturated heterocycles. The number of benzene rings is 1. The average Bonchev–Trinajstić information content (AvgIpc) is 2.78. The average molecular weight is 243 g/mol. The quantitative estimate of drug-likeness (QED) is 0.685. The molecule has 2 rings (SSSR count). The van der Waals surface area contributed by atoms with Crippen molar-refractivity contribution in [2.75, 3.05) is 0 Å². The highest BCUT2D eigenvalue weighted by Gasteiger charge is 2.60. The van der Waals surface area contributed by atoms with Crippen LogP contribution < -0.4 is 0 Å². The molecule has 0 spiro atoms. The van der Waals surface area contributed by atoms with E-state index in [0.717, 1.165) is 19.3 Å². The number of hydrogen-bond acceptors (Lipinski definition) is 0. The molecule has 0 amide bonds. The van der Waals surface area contributed by atoms with Crippen LogP contribution >= 0.6 is 23.2 Å². The Bertz CT molecular complexity index is 319. The zero-order valence-corrected chi connectivity index (χ0v) is 10.4. The Morgan fingerprint density at radius 3 is 2.33 bits per heavy atom. The van der Waals surface area contributed by atoms with Crippen LogP contribution in [0.5, 0.6) is 0 Å². The molecule has 0 unspecified atom stereocenters. The van der Waals surface area contributed by atoms with Gasteiger partial charge < -0.3 is 0 Å². The van der Waals surface area contributed by atoms with Gasteiger partial charge in [-0.3, -0.25) is 0 Å². The van der Waals surface area contributed by atoms with Crippen molar-refractivity contribution in [3.8, 4) is 0 Å². The summed E-state index contributed by atoms with van der Waals surface area (Å²) in [6, 6.07) is 10.5. The van der Waals surface area contributed by atoms with Gasteiger partial charge in [0.2, 0.25) is 0 Å². The first-order chi connectivity index (χ1) is 7.16. The lowest BCUT2D eigenvalue weighted by molar-refractivity contribution is 0.631. The molecule has 1 saturated carbocycles. The number of rotatable bonds is 4. The van der Waals surface area contributed by atoms with Crippen molar-refractivity contribution >= 4 is 23.2 Å². The molecule has 0 nitrogen and oxygen atoms in total. The number of halogens is 2. The van der Waals surface area contributed by atoms with Gasteiger partial charge in [-0.05, 0) is 30.2 Å². The van der Waals surface area contributed by atoms with Gasteiger partial charge >= 0.3 is 0 Å². The van der Waals surface area contributed by atoms with Crippen LogP contribution in [0.4, 0.5) is 0 Å². The van der Waals surface area contributed by atoms with E-state index in [-0.39, 0.29) is 0 Å². The van der Waals surface area contributed by atoms with Gasteiger partial charge in [0.25, 0.3) is 0 Å². The molecular weight excluding hydrogens is 227 g/mol. The zero-order valence-electron chi connectivity index (χ0n) is 8.92. The first kappa shape index (κ1) is 11.3. The van der Waals surface area contributed by atoms with Gasteiger partial charge in [0.15, 0.2) is 0 Å². The summed E-state index contributed by atoms with van der Waals surface area (Å²) in [5.41, 5.74) is 1.38. The molecule has 0 aliphatic heterocycles. The summed E-state index contributed by atoms with van der Waals surface area (Å²) in [6.45, 7) is 2.16. The topological polar surface area (TPSA) is 0 Å². The molecule has 0 aromatic heterocycles. The Labute approximate surface area is 102 Å². The molecule has 0 radical (unpaired) electrons. The monoisotopic (exact) mass is 242 g/mol. The van der Waals surface area contributed by atoms with Crippen LogP contribution in [-0.4, -0.2) is 4.33 Å². The van der Waals surface area contributed by atoms with Gasteiger partial charge in [-0.15, -0.1) is 23.2 Å². The second-order valence-corrected chi connectivity index (χ2v) is 5.76. The maximum Gasteiger partial charge on any atom is 0.124 e. The molecule has 1 aliphatic rings. The third-order valence-corrected chi connectivity index (χ3v) is 4.51. The number of alkyl halides is 2. The third kappa shape index (κ3) is 2.32. The maximum absolute atomic E-state index is 6.21. The molecule has 0 heterocycles. The number of hydrogen-bond donors (Lipinski definition) is 0. The van der Waals surface area contributed by atoms with E-state index in [4.69, 9.17) is 23.2 Å². The lowest BCUT2D eigenvalue weighted by Crippen LogP contribution is -1.93. The van der Waals surface area contributed by atoms with Crippen molar-refractivity contribution in [1.82, 2.24) is 0 Å². The minimum atomic E-state index is -0.441. The summed E-state index contributed by atoms with van der Waals surface area (Å²) in [5, 5.41) is 0. The summed E-state index contributed by atoms with van der Waals surface area (Å²) in [7, 11) is 0. The summed E-state index contributed by atoms with van der Waals surface area (Å²) in [4.78, 5) is 0. The molecule has 1 aliphatic carbocycles. The lowest BCUT2D eigenvalue weighted by atomic mass is 10.1. The lowest BCUT2D eigenvalue weighted by Gasteiger charge is -2.00. The smallest absolute Gasteiger partial charge is 0.101 e. The van der Waals surface area contributed by atoms with Gasteiger partial charge in [-0.2, -0.15) is 0 Å². The van der Waals surface area contributed by atoms with Crippen molar-refractivity contribution in [2.45, 2.75) is 30.5 Å². The van der Waals surface area contributed by atoms with E-state index in [2.05, 4.69) is 31.2 Å². The molecule has 2 atom stereocenters. The summed E-state index contributed by atoms with van der Waals surface area (Å²) < 4.78 is -0.441. The molecule has 82 valence electrons. The van der Waals surface area contributed by atoms with E-state index in [1.54, 1.807) is 0 Å². The van der Waals surface area contributed by atoms with Crippen LogP contribution in [0.2, 0.25) is 0 Å². The molecule has 2 heteroatoms. The molecule has 1 aromatic carbocycles. The van der Waals surface area contributed by atoms with Gasteiger partial charge in [0, 0.05) is 0 Å². The van der Waals surface area contributed by atoms with Gasteiger partial charge in [0.1, 0.15) is 4.33 Å². The summed E-state index contributed by atoms with van der Waals surface area (Å²) in [5.74, 6) is 0.996. The summed E-state index contributed by atoms with van der Waals surface area (Å²) in [6.07, 6.45) is 3.28. The SMILES string of the molecule is CC[C@H]1[C@H](CCc2ccccc2)C1(Cl)Cl. The van der Waals surface area contributed by atoms with Crippen LogP contribution in [0.25, 0.3) is 0 Å². The Balaban J connectivity index is 1.86. The highest BCUT2D eigenvalue weighted by Crippen LogP contribution is 2.62. The van der Waals surface area contributed by atoms with Gasteiger partial charge in [-0.25, -0.2) is 0 Å². The van der Waals surface area contributed by atoms with E-state index in [1.807, 2.05) is 6.07 Å². The van der Waals surface area contributed by atoms with Crippen molar-refractivity contribution in [3.05, 3.63) is 35.9 Å². The fourth-order valence-electron chi connectivity index (χ4n) is 2.38. The predicted octanol–water partition coefficient (Wildman–Crippen LogP) is 4.45. The minimum absolute atomic E-state index is 0.441. The Hall–Kier alpha value is -0.200. The highest BCUT2D eigenvalue weighted by molar-refractivity contribution is 6.51. The largest absolute Gasteiger partial charge is 0.124 e. The first-order valence-corrected chi connectivity index (χ1v) is 6.33. The molecule has 0 bridgehead atoms. The van der Waals surface area contributed by atoms with Gasteiger partial charge in [0.05, 0.1) is 0 Å². The van der Waals surface area contributed by atoms with E-state index >= 15 is 0 Å². The van der Waals surface area contributed by atoms with Crippen molar-refractivity contribution in [2.24, 2.45) is 11.8 Å². The molecule has 1 aromatic rings. The number of aryl methyl sites for hydroxylation is 1. The standard InChI is InChI=1S/C13H16Cl2/c1-2-11-12(13(11,14)15)9-8-10-6-4-3-5-7-10/h3-7,11-12H,2,8-9H2,1H3/t11-,12-/m0/s1. The Morgan fingerprint density at radius 1 is 1.13 bits per heavy atom.